The summed E-state index contributed by atoms with van der Waals surface area (Å²) in [6.07, 6.45) is 8.20. The van der Waals surface area contributed by atoms with Gasteiger partial charge in [0.2, 0.25) is 5.79 Å². The Hall–Kier alpha value is -5.23. The molecule has 1 heterocycles. The zero-order valence-corrected chi connectivity index (χ0v) is 37.1. The van der Waals surface area contributed by atoms with Crippen molar-refractivity contribution in [1.29, 1.82) is 0 Å². The van der Waals surface area contributed by atoms with Crippen LogP contribution in [0.5, 0.6) is 11.5 Å². The van der Waals surface area contributed by atoms with Crippen molar-refractivity contribution in [2.45, 2.75) is 109 Å². The minimum Gasteiger partial charge on any atom is -0.489 e. The summed E-state index contributed by atoms with van der Waals surface area (Å²) < 4.78 is 41.6. The molecule has 11 heteroatoms. The molecule has 4 aromatic rings. The highest BCUT2D eigenvalue weighted by molar-refractivity contribution is 6.03. The number of benzene rings is 4. The quantitative estimate of drug-likeness (QED) is 0.0543. The van der Waals surface area contributed by atoms with Crippen LogP contribution in [0.1, 0.15) is 95.2 Å². The molecular weight excluding hydrogens is 800 g/mol. The second-order valence-corrected chi connectivity index (χ2v) is 17.8. The molecule has 3 aliphatic rings. The van der Waals surface area contributed by atoms with E-state index < -0.39 is 29.4 Å². The summed E-state index contributed by atoms with van der Waals surface area (Å²) in [6, 6.07) is 25.8. The molecular formula is C52H63FN2O8. The van der Waals surface area contributed by atoms with Gasteiger partial charge in [-0.15, -0.1) is 6.58 Å². The highest BCUT2D eigenvalue weighted by Gasteiger charge is 2.65. The number of aliphatic hydroxyl groups excluding tert-OH is 2. The fourth-order valence-corrected chi connectivity index (χ4v) is 9.83. The monoisotopic (exact) mass is 862 g/mol. The number of nitrogens with zero attached hydrogens (tertiary/aromatic N) is 2. The van der Waals surface area contributed by atoms with Crippen molar-refractivity contribution in [2.24, 2.45) is 22.9 Å². The molecule has 0 aromatic heterocycles. The summed E-state index contributed by atoms with van der Waals surface area (Å²) in [4.78, 5) is 22.7. The Kier molecular flexibility index (Phi) is 14.9. The van der Waals surface area contributed by atoms with Gasteiger partial charge in [-0.3, -0.25) is 4.90 Å². The average Bonchev–Trinajstić information content (AvgIpc) is 3.27. The number of hydrogen-bond donors (Lipinski definition) is 2. The number of fused-ring (bicyclic) bond motifs is 3. The van der Waals surface area contributed by atoms with Crippen LogP contribution in [0.15, 0.2) is 114 Å². The Labute approximate surface area is 371 Å². The molecule has 6 unspecified atom stereocenters. The predicted octanol–water partition coefficient (Wildman–Crippen LogP) is 10.6. The van der Waals surface area contributed by atoms with Gasteiger partial charge in [0.1, 0.15) is 35.6 Å². The lowest BCUT2D eigenvalue weighted by molar-refractivity contribution is -0.256. The summed E-state index contributed by atoms with van der Waals surface area (Å²) in [5.41, 5.74) is 3.28. The summed E-state index contributed by atoms with van der Waals surface area (Å²) in [6.45, 7) is 12.4. The molecule has 336 valence electrons. The van der Waals surface area contributed by atoms with Gasteiger partial charge in [0.05, 0.1) is 31.4 Å². The maximum atomic E-state index is 14.8. The number of ether oxygens (including phenoxy) is 4. The maximum Gasteiger partial charge on any atom is 0.410 e. The Morgan fingerprint density at radius 3 is 2.44 bits per heavy atom. The number of amides is 1. The molecule has 4 aromatic carbocycles. The number of aliphatic hydroxyl groups is 2. The van der Waals surface area contributed by atoms with Crippen molar-refractivity contribution in [1.82, 2.24) is 4.90 Å². The van der Waals surface area contributed by atoms with E-state index in [1.54, 1.807) is 36.1 Å². The van der Waals surface area contributed by atoms with Gasteiger partial charge < -0.3 is 34.0 Å². The number of halogens is 1. The van der Waals surface area contributed by atoms with Crippen LogP contribution in [0, 0.1) is 23.6 Å². The van der Waals surface area contributed by atoms with E-state index in [0.717, 1.165) is 53.2 Å². The molecule has 6 atom stereocenters. The highest BCUT2D eigenvalue weighted by Crippen LogP contribution is 2.62. The molecule has 2 aliphatic carbocycles. The topological polar surface area (TPSA) is 119 Å². The van der Waals surface area contributed by atoms with Crippen LogP contribution in [-0.4, -0.2) is 70.8 Å². The van der Waals surface area contributed by atoms with Gasteiger partial charge in [-0.1, -0.05) is 90.8 Å². The molecule has 1 fully saturated rings. The largest absolute Gasteiger partial charge is 0.489 e. The summed E-state index contributed by atoms with van der Waals surface area (Å²) in [5, 5.41) is 27.0. The molecule has 1 saturated carbocycles. The van der Waals surface area contributed by atoms with E-state index in [0.29, 0.717) is 35.6 Å². The molecule has 7 rings (SSSR count). The van der Waals surface area contributed by atoms with Crippen LogP contribution in [0.2, 0.25) is 0 Å². The number of carbonyl (C=O) groups is 1. The molecule has 63 heavy (non-hydrogen) atoms. The fourth-order valence-electron chi connectivity index (χ4n) is 9.83. The first kappa shape index (κ1) is 45.8. The summed E-state index contributed by atoms with van der Waals surface area (Å²) in [5.74, 6) is -1.40. The van der Waals surface area contributed by atoms with Gasteiger partial charge in [0.15, 0.2) is 0 Å². The number of rotatable bonds is 19. The Morgan fingerprint density at radius 2 is 1.70 bits per heavy atom. The van der Waals surface area contributed by atoms with Gasteiger partial charge in [0, 0.05) is 36.7 Å². The van der Waals surface area contributed by atoms with E-state index in [4.69, 9.17) is 28.9 Å². The van der Waals surface area contributed by atoms with Crippen molar-refractivity contribution in [3.05, 3.63) is 132 Å². The van der Waals surface area contributed by atoms with Crippen molar-refractivity contribution < 1.29 is 43.2 Å². The van der Waals surface area contributed by atoms with Gasteiger partial charge in [-0.25, -0.2) is 9.18 Å². The zero-order valence-electron chi connectivity index (χ0n) is 37.1. The third-order valence-electron chi connectivity index (χ3n) is 12.5. The molecule has 2 N–H and O–H groups in total. The lowest BCUT2D eigenvalue weighted by Crippen LogP contribution is -2.70. The molecule has 1 aliphatic heterocycles. The van der Waals surface area contributed by atoms with Crippen LogP contribution < -0.4 is 9.47 Å². The lowest BCUT2D eigenvalue weighted by atomic mass is 9.55. The third-order valence-corrected chi connectivity index (χ3v) is 12.5. The first-order chi connectivity index (χ1) is 30.5. The fraction of sp³-hybridized carbons (Fsp3) is 0.462. The van der Waals surface area contributed by atoms with Crippen molar-refractivity contribution in [2.75, 3.05) is 26.4 Å². The SMILES string of the molecule is C=CCOC12Oc3ccc(OCc4ccccc4F)cc3C3C(CCCCO)C(CCCCO)C=C(C(=NOC(C)(C)C)CC1N(Cc1cccc4ccccc14)C(=O)OCC)C32. The zero-order chi connectivity index (χ0) is 44.6. The minimum atomic E-state index is -1.48. The van der Waals surface area contributed by atoms with Crippen LogP contribution in [0.4, 0.5) is 9.18 Å². The molecule has 0 saturated heterocycles. The summed E-state index contributed by atoms with van der Waals surface area (Å²) >= 11 is 0. The predicted molar refractivity (Wildman–Crippen MR) is 243 cm³/mol. The molecule has 10 nitrogen and oxygen atoms in total. The van der Waals surface area contributed by atoms with E-state index in [-0.39, 0.29) is 69.6 Å². The molecule has 0 bridgehead atoms. The normalized spacial score (nSPS) is 23.3. The second kappa shape index (κ2) is 20.5. The number of unbranched alkanes of at least 4 members (excludes halogenated alkanes) is 2. The maximum absolute atomic E-state index is 14.8. The molecule has 1 amide bonds. The average molecular weight is 863 g/mol. The molecule has 0 radical (unpaired) electrons. The Bertz CT molecular complexity index is 2260. The highest BCUT2D eigenvalue weighted by atomic mass is 19.1. The van der Waals surface area contributed by atoms with E-state index in [2.05, 4.69) is 30.9 Å². The van der Waals surface area contributed by atoms with Crippen molar-refractivity contribution in [3.63, 3.8) is 0 Å². The van der Waals surface area contributed by atoms with Crippen LogP contribution in [0.3, 0.4) is 0 Å². The van der Waals surface area contributed by atoms with Crippen molar-refractivity contribution in [3.8, 4) is 11.5 Å². The van der Waals surface area contributed by atoms with Gasteiger partial charge in [-0.05, 0) is 111 Å². The standard InChI is InChI=1S/C52H63FN2O8/c1-6-29-61-52-47(55(50(58)59-7-2)33-37-21-16-20-35-17-8-10-22-40(35)37)32-45(54-63-51(3,4)5)42-30-36(18-12-14-27-56)41(23-13-15-28-57)48(49(42)52)43-31-39(25-26-46(43)62-52)60-34-38-19-9-11-24-44(38)53/h6,8-11,16-17,19-22,24-26,30-31,36,41,47-49,56-57H,1,7,12-15,18,23,27-29,32-34H2,2-5H3. The minimum absolute atomic E-state index is 0.0119. The van der Waals surface area contributed by atoms with Crippen LogP contribution >= 0.6 is 0 Å². The number of allylic oxidation sites excluding steroid dienone is 1. The number of oxime groups is 1. The Balaban J connectivity index is 1.46. The lowest BCUT2D eigenvalue weighted by Gasteiger charge is -2.60. The van der Waals surface area contributed by atoms with Crippen molar-refractivity contribution >= 4 is 22.6 Å². The first-order valence-electron chi connectivity index (χ1n) is 22.5. The first-order valence-corrected chi connectivity index (χ1v) is 22.5. The van der Waals surface area contributed by atoms with E-state index in [1.807, 2.05) is 63.2 Å². The van der Waals surface area contributed by atoms with E-state index in [1.165, 1.54) is 6.07 Å². The van der Waals surface area contributed by atoms with Crippen LogP contribution in [-0.2, 0) is 27.5 Å². The van der Waals surface area contributed by atoms with E-state index >= 15 is 0 Å². The third kappa shape index (κ3) is 10.1. The summed E-state index contributed by atoms with van der Waals surface area (Å²) in [7, 11) is 0. The van der Waals surface area contributed by atoms with E-state index in [9.17, 15) is 19.4 Å². The van der Waals surface area contributed by atoms with Gasteiger partial charge in [0.25, 0.3) is 0 Å². The van der Waals surface area contributed by atoms with Gasteiger partial charge >= 0.3 is 6.09 Å². The second-order valence-electron chi connectivity index (χ2n) is 17.8. The smallest absolute Gasteiger partial charge is 0.410 e. The number of carbonyl (C=O) groups excluding carboxylic acids is 1. The van der Waals surface area contributed by atoms with Gasteiger partial charge in [-0.2, -0.15) is 0 Å². The number of hydrogen-bond acceptors (Lipinski definition) is 9. The Morgan fingerprint density at radius 1 is 0.968 bits per heavy atom. The molecule has 0 spiro atoms. The van der Waals surface area contributed by atoms with Crippen LogP contribution in [0.25, 0.3) is 10.8 Å².